The molecule has 2 aromatic rings. The molecule has 0 radical (unpaired) electrons. The number of hydrogen-bond donors (Lipinski definition) is 1. The summed E-state index contributed by atoms with van der Waals surface area (Å²) in [6.45, 7) is 7.93. The lowest BCUT2D eigenvalue weighted by atomic mass is 10.1. The SMILES string of the molecule is COc1cc2nccc(N3CCN(C4(CN(C(=O)OC(C)(C)C)S(N)(=O)=O)CC4)CC3)c2cc1OC. The summed E-state index contributed by atoms with van der Waals surface area (Å²) in [7, 11) is -1.06. The molecule has 0 atom stereocenters. The monoisotopic (exact) mass is 521 g/mol. The zero-order chi connectivity index (χ0) is 26.3. The number of hydrogen-bond acceptors (Lipinski definition) is 9. The van der Waals surface area contributed by atoms with Crippen LogP contribution < -0.4 is 19.5 Å². The average Bonchev–Trinajstić information content (AvgIpc) is 3.60. The molecule has 0 spiro atoms. The second-order valence-electron chi connectivity index (χ2n) is 10.3. The number of carbonyl (C=O) groups excluding carboxylic acids is 1. The van der Waals surface area contributed by atoms with Gasteiger partial charge in [-0.1, -0.05) is 0 Å². The lowest BCUT2D eigenvalue weighted by molar-refractivity contribution is 0.0331. The van der Waals surface area contributed by atoms with Gasteiger partial charge in [-0.3, -0.25) is 9.88 Å². The molecular formula is C24H35N5O6S. The Morgan fingerprint density at radius 1 is 1.11 bits per heavy atom. The molecule has 1 aromatic heterocycles. The predicted molar refractivity (Wildman–Crippen MR) is 137 cm³/mol. The number of aromatic nitrogens is 1. The van der Waals surface area contributed by atoms with E-state index in [0.29, 0.717) is 28.9 Å². The van der Waals surface area contributed by atoms with Crippen LogP contribution in [0.3, 0.4) is 0 Å². The fraction of sp³-hybridized carbons (Fsp3) is 0.583. The maximum atomic E-state index is 12.6. The highest BCUT2D eigenvalue weighted by Gasteiger charge is 2.52. The number of rotatable bonds is 7. The number of methoxy groups -OCH3 is 2. The van der Waals surface area contributed by atoms with Gasteiger partial charge in [-0.15, -0.1) is 0 Å². The molecule has 2 N–H and O–H groups in total. The van der Waals surface area contributed by atoms with E-state index < -0.39 is 27.4 Å². The van der Waals surface area contributed by atoms with E-state index in [1.54, 1.807) is 41.2 Å². The average molecular weight is 522 g/mol. The minimum atomic E-state index is -4.27. The molecule has 4 rings (SSSR count). The van der Waals surface area contributed by atoms with E-state index in [-0.39, 0.29) is 6.54 Å². The summed E-state index contributed by atoms with van der Waals surface area (Å²) in [4.78, 5) is 21.7. The van der Waals surface area contributed by atoms with E-state index in [4.69, 9.17) is 19.3 Å². The molecule has 36 heavy (non-hydrogen) atoms. The summed E-state index contributed by atoms with van der Waals surface area (Å²) < 4.78 is 41.4. The molecule has 1 aliphatic heterocycles. The molecule has 1 aliphatic carbocycles. The van der Waals surface area contributed by atoms with Crippen molar-refractivity contribution >= 4 is 32.9 Å². The second kappa shape index (κ2) is 9.56. The first kappa shape index (κ1) is 26.2. The van der Waals surface area contributed by atoms with Gasteiger partial charge in [-0.25, -0.2) is 9.93 Å². The van der Waals surface area contributed by atoms with E-state index in [1.165, 1.54) is 0 Å². The number of pyridine rings is 1. The number of piperazine rings is 1. The first-order chi connectivity index (χ1) is 16.9. The van der Waals surface area contributed by atoms with Crippen molar-refractivity contribution in [2.45, 2.75) is 44.8 Å². The van der Waals surface area contributed by atoms with Crippen LogP contribution in [-0.2, 0) is 14.9 Å². The molecule has 0 bridgehead atoms. The van der Waals surface area contributed by atoms with Gasteiger partial charge in [0.05, 0.1) is 26.3 Å². The largest absolute Gasteiger partial charge is 0.493 e. The first-order valence-corrected chi connectivity index (χ1v) is 13.4. The van der Waals surface area contributed by atoms with Gasteiger partial charge < -0.3 is 19.1 Å². The van der Waals surface area contributed by atoms with E-state index in [1.807, 2.05) is 18.2 Å². The standard InChI is InChI=1S/C24H35N5O6S/c1-23(2,3)35-22(30)29(36(25,31)32)16-24(7-8-24)28-12-10-27(11-13-28)19-6-9-26-18-15-21(34-5)20(33-4)14-17(18)19/h6,9,14-15H,7-8,10-13,16H2,1-5H3,(H2,25,31,32). The predicted octanol–water partition coefficient (Wildman–Crippen LogP) is 2.35. The molecule has 0 unspecified atom stereocenters. The van der Waals surface area contributed by atoms with Crippen LogP contribution in [0, 0.1) is 0 Å². The van der Waals surface area contributed by atoms with Crippen molar-refractivity contribution in [2.75, 3.05) is 51.8 Å². The van der Waals surface area contributed by atoms with E-state index in [0.717, 1.165) is 42.5 Å². The van der Waals surface area contributed by atoms with Gasteiger partial charge in [-0.2, -0.15) is 12.7 Å². The van der Waals surface area contributed by atoms with E-state index in [2.05, 4.69) is 14.8 Å². The Morgan fingerprint density at radius 2 is 1.72 bits per heavy atom. The van der Waals surface area contributed by atoms with Crippen molar-refractivity contribution in [2.24, 2.45) is 5.14 Å². The van der Waals surface area contributed by atoms with Crippen molar-refractivity contribution in [3.05, 3.63) is 24.4 Å². The first-order valence-electron chi connectivity index (χ1n) is 11.9. The third-order valence-corrected chi connectivity index (χ3v) is 7.58. The topological polar surface area (TPSA) is 128 Å². The molecule has 2 aliphatic rings. The van der Waals surface area contributed by atoms with E-state index >= 15 is 0 Å². The van der Waals surface area contributed by atoms with Crippen LogP contribution in [0.15, 0.2) is 24.4 Å². The minimum absolute atomic E-state index is 0.0179. The summed E-state index contributed by atoms with van der Waals surface area (Å²) in [6, 6.07) is 5.80. The Hall–Kier alpha value is -2.83. The Labute approximate surface area is 212 Å². The number of ether oxygens (including phenoxy) is 3. The molecule has 1 amide bonds. The lowest BCUT2D eigenvalue weighted by Crippen LogP contribution is -2.57. The molecule has 2 fully saturated rings. The number of anilines is 1. The van der Waals surface area contributed by atoms with Crippen LogP contribution in [-0.4, -0.2) is 86.8 Å². The lowest BCUT2D eigenvalue weighted by Gasteiger charge is -2.42. The van der Waals surface area contributed by atoms with Gasteiger partial charge in [0.1, 0.15) is 5.60 Å². The normalized spacial score (nSPS) is 18.1. The van der Waals surface area contributed by atoms with E-state index in [9.17, 15) is 13.2 Å². The van der Waals surface area contributed by atoms with Gasteiger partial charge in [-0.05, 0) is 45.7 Å². The maximum absolute atomic E-state index is 12.6. The van der Waals surface area contributed by atoms with Crippen LogP contribution in [0.1, 0.15) is 33.6 Å². The molecule has 2 heterocycles. The summed E-state index contributed by atoms with van der Waals surface area (Å²) in [5.74, 6) is 1.26. The van der Waals surface area contributed by atoms with Crippen molar-refractivity contribution in [1.29, 1.82) is 0 Å². The summed E-state index contributed by atoms with van der Waals surface area (Å²) in [5, 5.41) is 6.37. The zero-order valence-electron chi connectivity index (χ0n) is 21.5. The molecule has 198 valence electrons. The molecule has 1 aromatic carbocycles. The number of nitrogens with two attached hydrogens (primary N) is 1. The number of carbonyl (C=O) groups is 1. The molecule has 12 heteroatoms. The highest BCUT2D eigenvalue weighted by atomic mass is 32.2. The number of benzene rings is 1. The Balaban J connectivity index is 1.50. The quantitative estimate of drug-likeness (QED) is 0.584. The highest BCUT2D eigenvalue weighted by molar-refractivity contribution is 7.87. The molecule has 1 saturated heterocycles. The smallest absolute Gasteiger partial charge is 0.425 e. The fourth-order valence-electron chi connectivity index (χ4n) is 4.71. The minimum Gasteiger partial charge on any atom is -0.493 e. The molecule has 1 saturated carbocycles. The number of amides is 1. The summed E-state index contributed by atoms with van der Waals surface area (Å²) >= 11 is 0. The van der Waals surface area contributed by atoms with Crippen LogP contribution in [0.2, 0.25) is 0 Å². The van der Waals surface area contributed by atoms with Gasteiger partial charge in [0.15, 0.2) is 11.5 Å². The van der Waals surface area contributed by atoms with Gasteiger partial charge in [0.25, 0.3) is 0 Å². The summed E-state index contributed by atoms with van der Waals surface area (Å²) in [5.41, 5.74) is 0.604. The van der Waals surface area contributed by atoms with Gasteiger partial charge in [0.2, 0.25) is 0 Å². The Morgan fingerprint density at radius 3 is 2.25 bits per heavy atom. The van der Waals surface area contributed by atoms with Gasteiger partial charge in [0, 0.05) is 55.1 Å². The van der Waals surface area contributed by atoms with Crippen molar-refractivity contribution in [3.8, 4) is 11.5 Å². The number of nitrogens with zero attached hydrogens (tertiary/aromatic N) is 4. The zero-order valence-corrected chi connectivity index (χ0v) is 22.3. The Bertz CT molecular complexity index is 1230. The maximum Gasteiger partial charge on any atom is 0.425 e. The molecular weight excluding hydrogens is 486 g/mol. The van der Waals surface area contributed by atoms with Crippen LogP contribution in [0.5, 0.6) is 11.5 Å². The van der Waals surface area contributed by atoms with Crippen molar-refractivity contribution in [3.63, 3.8) is 0 Å². The highest BCUT2D eigenvalue weighted by Crippen LogP contribution is 2.44. The van der Waals surface area contributed by atoms with Crippen molar-refractivity contribution in [1.82, 2.24) is 14.2 Å². The van der Waals surface area contributed by atoms with Crippen molar-refractivity contribution < 1.29 is 27.4 Å². The molecule has 11 nitrogen and oxygen atoms in total. The fourth-order valence-corrected chi connectivity index (χ4v) is 5.38. The van der Waals surface area contributed by atoms with Crippen LogP contribution in [0.25, 0.3) is 10.9 Å². The van der Waals surface area contributed by atoms with Crippen LogP contribution >= 0.6 is 0 Å². The summed E-state index contributed by atoms with van der Waals surface area (Å²) in [6.07, 6.45) is 2.42. The second-order valence-corrected chi connectivity index (χ2v) is 11.8. The third kappa shape index (κ3) is 5.45. The van der Waals surface area contributed by atoms with Crippen LogP contribution in [0.4, 0.5) is 10.5 Å². The Kier molecular flexibility index (Phi) is 6.97. The third-order valence-electron chi connectivity index (χ3n) is 6.68. The number of fused-ring (bicyclic) bond motifs is 1. The van der Waals surface area contributed by atoms with Gasteiger partial charge >= 0.3 is 16.3 Å².